The number of alkyl halides is 3. The van der Waals surface area contributed by atoms with Crippen molar-refractivity contribution >= 4 is 5.97 Å². The number of carbonyl (C=O) groups excluding carboxylic acids is 1. The van der Waals surface area contributed by atoms with Crippen LogP contribution in [0.3, 0.4) is 0 Å². The Balaban J connectivity index is 2.42. The first-order valence-corrected chi connectivity index (χ1v) is 5.78. The van der Waals surface area contributed by atoms with E-state index in [9.17, 15) is 18.0 Å². The molecule has 1 N–H and O–H groups in total. The molecule has 2 atom stereocenters. The van der Waals surface area contributed by atoms with E-state index >= 15 is 0 Å². The number of hydrogen-bond acceptors (Lipinski definition) is 4. The predicted octanol–water partition coefficient (Wildman–Crippen LogP) is 1.64. The molecule has 0 bridgehead atoms. The van der Waals surface area contributed by atoms with Crippen LogP contribution in [0, 0.1) is 0 Å². The summed E-state index contributed by atoms with van der Waals surface area (Å²) in [5.74, 6) is -0.396. The fourth-order valence-corrected chi connectivity index (χ4v) is 2.19. The zero-order valence-electron chi connectivity index (χ0n) is 10.5. The van der Waals surface area contributed by atoms with Crippen LogP contribution in [0.1, 0.15) is 25.7 Å². The lowest BCUT2D eigenvalue weighted by molar-refractivity contribution is -0.152. The number of ether oxygens (including phenoxy) is 2. The highest BCUT2D eigenvalue weighted by atomic mass is 19.4. The predicted molar refractivity (Wildman–Crippen MR) is 58.1 cm³/mol. The molecule has 0 aromatic carbocycles. The van der Waals surface area contributed by atoms with Gasteiger partial charge in [-0.25, -0.2) is 0 Å². The largest absolute Gasteiger partial charge is 0.468 e. The van der Waals surface area contributed by atoms with Crippen LogP contribution in [-0.4, -0.2) is 44.6 Å². The maximum absolute atomic E-state index is 12.0. The second-order valence-electron chi connectivity index (χ2n) is 4.42. The second kappa shape index (κ2) is 5.88. The van der Waals surface area contributed by atoms with Crippen molar-refractivity contribution in [2.45, 2.75) is 43.5 Å². The van der Waals surface area contributed by atoms with Crippen molar-refractivity contribution in [3.8, 4) is 0 Å². The van der Waals surface area contributed by atoms with Gasteiger partial charge >= 0.3 is 12.1 Å². The lowest BCUT2D eigenvalue weighted by atomic mass is 9.98. The highest BCUT2D eigenvalue weighted by Crippen LogP contribution is 2.33. The molecule has 18 heavy (non-hydrogen) atoms. The van der Waals surface area contributed by atoms with E-state index in [-0.39, 0.29) is 12.7 Å². The van der Waals surface area contributed by atoms with Crippen LogP contribution in [0.2, 0.25) is 0 Å². The van der Waals surface area contributed by atoms with E-state index in [0.717, 1.165) is 0 Å². The Morgan fingerprint density at radius 1 is 1.50 bits per heavy atom. The van der Waals surface area contributed by atoms with E-state index < -0.39 is 24.1 Å². The van der Waals surface area contributed by atoms with Gasteiger partial charge in [-0.2, -0.15) is 13.2 Å². The summed E-state index contributed by atoms with van der Waals surface area (Å²) < 4.78 is 45.8. The first-order chi connectivity index (χ1) is 8.33. The van der Waals surface area contributed by atoms with E-state index in [1.807, 2.05) is 0 Å². The van der Waals surface area contributed by atoms with Gasteiger partial charge < -0.3 is 14.8 Å². The van der Waals surface area contributed by atoms with E-state index in [1.54, 1.807) is 7.05 Å². The fourth-order valence-electron chi connectivity index (χ4n) is 2.19. The third kappa shape index (κ3) is 3.84. The molecule has 1 aliphatic rings. The topological polar surface area (TPSA) is 47.6 Å². The second-order valence-corrected chi connectivity index (χ2v) is 4.42. The van der Waals surface area contributed by atoms with Gasteiger partial charge in [0.2, 0.25) is 0 Å². The number of esters is 1. The molecule has 0 heterocycles. The zero-order valence-corrected chi connectivity index (χ0v) is 10.5. The molecular weight excluding hydrogens is 251 g/mol. The summed E-state index contributed by atoms with van der Waals surface area (Å²) in [7, 11) is 2.92. The first-order valence-electron chi connectivity index (χ1n) is 5.78. The Labute approximate surface area is 104 Å². The Bertz CT molecular complexity index is 296. The number of nitrogens with one attached hydrogen (secondary N) is 1. The van der Waals surface area contributed by atoms with Crippen LogP contribution in [0.5, 0.6) is 0 Å². The maximum atomic E-state index is 12.0. The van der Waals surface area contributed by atoms with E-state index in [1.165, 1.54) is 7.11 Å². The van der Waals surface area contributed by atoms with Gasteiger partial charge in [-0.3, -0.25) is 4.79 Å². The molecule has 4 nitrogen and oxygen atoms in total. The van der Waals surface area contributed by atoms with Crippen LogP contribution in [-0.2, 0) is 14.3 Å². The van der Waals surface area contributed by atoms with Gasteiger partial charge in [0.25, 0.3) is 0 Å². The van der Waals surface area contributed by atoms with Gasteiger partial charge in [0, 0.05) is 6.42 Å². The Kier molecular flexibility index (Phi) is 4.98. The number of hydrogen-bond donors (Lipinski definition) is 1. The molecule has 2 unspecified atom stereocenters. The van der Waals surface area contributed by atoms with Gasteiger partial charge in [-0.1, -0.05) is 0 Å². The SMILES string of the molecule is CNC1(C(=O)OC)CCC(OCCC(F)(F)F)C1. The highest BCUT2D eigenvalue weighted by Gasteiger charge is 2.45. The molecule has 1 rings (SSSR count). The molecule has 0 aliphatic heterocycles. The summed E-state index contributed by atoms with van der Waals surface area (Å²) in [6.45, 7) is -0.366. The van der Waals surface area contributed by atoms with Crippen LogP contribution >= 0.6 is 0 Å². The Hall–Kier alpha value is -0.820. The van der Waals surface area contributed by atoms with Crippen molar-refractivity contribution in [2.75, 3.05) is 20.8 Å². The highest BCUT2D eigenvalue weighted by molar-refractivity contribution is 5.81. The Morgan fingerprint density at radius 2 is 2.17 bits per heavy atom. The first kappa shape index (κ1) is 15.2. The number of rotatable bonds is 5. The van der Waals surface area contributed by atoms with Crippen LogP contribution in [0.25, 0.3) is 0 Å². The summed E-state index contributed by atoms with van der Waals surface area (Å²) in [5.41, 5.74) is -0.822. The van der Waals surface area contributed by atoms with Gasteiger partial charge in [0.05, 0.1) is 26.2 Å². The lowest BCUT2D eigenvalue weighted by Gasteiger charge is -2.25. The molecule has 0 saturated heterocycles. The fraction of sp³-hybridized carbons (Fsp3) is 0.909. The van der Waals surface area contributed by atoms with Crippen LogP contribution < -0.4 is 5.32 Å². The molecule has 106 valence electrons. The van der Waals surface area contributed by atoms with Crippen molar-refractivity contribution in [3.05, 3.63) is 0 Å². The number of methoxy groups -OCH3 is 1. The van der Waals surface area contributed by atoms with Crippen molar-refractivity contribution in [2.24, 2.45) is 0 Å². The molecule has 1 aliphatic carbocycles. The monoisotopic (exact) mass is 269 g/mol. The average molecular weight is 269 g/mol. The number of halogens is 3. The van der Waals surface area contributed by atoms with E-state index in [0.29, 0.717) is 19.3 Å². The molecule has 0 aromatic rings. The molecule has 0 radical (unpaired) electrons. The van der Waals surface area contributed by atoms with Crippen molar-refractivity contribution in [1.82, 2.24) is 5.32 Å². The van der Waals surface area contributed by atoms with Gasteiger partial charge in [0.1, 0.15) is 5.54 Å². The standard InChI is InChI=1S/C11H18F3NO3/c1-15-10(9(16)17-2)4-3-8(7-10)18-6-5-11(12,13)14/h8,15H,3-7H2,1-2H3. The van der Waals surface area contributed by atoms with E-state index in [4.69, 9.17) is 9.47 Å². The molecule has 0 aromatic heterocycles. The summed E-state index contributed by atoms with van der Waals surface area (Å²) in [6, 6.07) is 0. The minimum absolute atomic E-state index is 0.334. The molecule has 1 fully saturated rings. The average Bonchev–Trinajstić information content (AvgIpc) is 2.71. The normalized spacial score (nSPS) is 28.4. The maximum Gasteiger partial charge on any atom is 0.391 e. The van der Waals surface area contributed by atoms with Crippen LogP contribution in [0.4, 0.5) is 13.2 Å². The number of likely N-dealkylation sites (N-methyl/N-ethyl adjacent to an activating group) is 1. The summed E-state index contributed by atoms with van der Waals surface area (Å²) in [5, 5.41) is 2.89. The van der Waals surface area contributed by atoms with Gasteiger partial charge in [-0.15, -0.1) is 0 Å². The van der Waals surface area contributed by atoms with Crippen molar-refractivity contribution in [3.63, 3.8) is 0 Å². The quantitative estimate of drug-likeness (QED) is 0.771. The zero-order chi connectivity index (χ0) is 13.8. The van der Waals surface area contributed by atoms with Gasteiger partial charge in [0.15, 0.2) is 0 Å². The van der Waals surface area contributed by atoms with Gasteiger partial charge in [-0.05, 0) is 19.9 Å². The van der Waals surface area contributed by atoms with Crippen LogP contribution in [0.15, 0.2) is 0 Å². The molecular formula is C11H18F3NO3. The van der Waals surface area contributed by atoms with E-state index in [2.05, 4.69) is 5.32 Å². The summed E-state index contributed by atoms with van der Waals surface area (Å²) in [6.07, 6.45) is -4.11. The van der Waals surface area contributed by atoms with Crippen molar-refractivity contribution in [1.29, 1.82) is 0 Å². The lowest BCUT2D eigenvalue weighted by Crippen LogP contribution is -2.49. The molecule has 0 spiro atoms. The number of carbonyl (C=O) groups is 1. The van der Waals surface area contributed by atoms with Crippen molar-refractivity contribution < 1.29 is 27.4 Å². The molecule has 1 saturated carbocycles. The summed E-state index contributed by atoms with van der Waals surface area (Å²) >= 11 is 0. The molecule has 0 amide bonds. The minimum Gasteiger partial charge on any atom is -0.468 e. The molecule has 7 heteroatoms. The summed E-state index contributed by atoms with van der Waals surface area (Å²) in [4.78, 5) is 11.6. The smallest absolute Gasteiger partial charge is 0.391 e. The minimum atomic E-state index is -4.21. The third-order valence-corrected chi connectivity index (χ3v) is 3.26. The third-order valence-electron chi connectivity index (χ3n) is 3.26. The Morgan fingerprint density at radius 3 is 2.67 bits per heavy atom.